The van der Waals surface area contributed by atoms with Crippen LogP contribution in [0.25, 0.3) is 22.4 Å². The molecule has 2 heterocycles. The van der Waals surface area contributed by atoms with E-state index in [1.165, 1.54) is 22.3 Å². The summed E-state index contributed by atoms with van der Waals surface area (Å²) in [6.45, 7) is 8.25. The van der Waals surface area contributed by atoms with Crippen molar-refractivity contribution in [2.75, 3.05) is 6.54 Å². The van der Waals surface area contributed by atoms with E-state index in [0.717, 1.165) is 48.3 Å². The van der Waals surface area contributed by atoms with E-state index in [9.17, 15) is 9.59 Å². The molecule has 1 fully saturated rings. The Morgan fingerprint density at radius 1 is 1.09 bits per heavy atom. The summed E-state index contributed by atoms with van der Waals surface area (Å²) in [5.74, 6) is 0.996. The van der Waals surface area contributed by atoms with Gasteiger partial charge in [-0.3, -0.25) is 9.69 Å². The number of fused-ring (bicyclic) bond motifs is 3. The van der Waals surface area contributed by atoms with Crippen LogP contribution in [0.4, 0.5) is 4.79 Å². The van der Waals surface area contributed by atoms with Gasteiger partial charge >= 0.3 is 6.09 Å². The van der Waals surface area contributed by atoms with Crippen molar-refractivity contribution in [2.24, 2.45) is 0 Å². The molecule has 1 amide bonds. The maximum Gasteiger partial charge on any atom is 0.410 e. The molecule has 1 aromatic heterocycles. The standard InChI is InChI=1S/C29H33N3O3/c1-5-26(33)21-11-13-23-19(16-21)9-8-18-15-20(10-12-22(18)23)24-17-30-27(31-24)25-7-6-14-32(25)28(34)35-29(2,3)4/h10-13,15-17,25H,5-9,14H2,1-4H3,(H,30,31)/t25-/m0/s1. The number of amides is 1. The molecule has 2 aliphatic rings. The predicted octanol–water partition coefficient (Wildman–Crippen LogP) is 6.51. The first-order valence-corrected chi connectivity index (χ1v) is 12.6. The molecular formula is C29H33N3O3. The Morgan fingerprint density at radius 3 is 2.51 bits per heavy atom. The molecule has 1 N–H and O–H groups in total. The fourth-order valence-corrected chi connectivity index (χ4v) is 5.18. The second kappa shape index (κ2) is 8.99. The number of aromatic amines is 1. The van der Waals surface area contributed by atoms with Gasteiger partial charge in [-0.1, -0.05) is 31.2 Å². The lowest BCUT2D eigenvalue weighted by molar-refractivity contribution is 0.0218. The van der Waals surface area contributed by atoms with E-state index in [1.54, 1.807) is 4.90 Å². The van der Waals surface area contributed by atoms with Gasteiger partial charge in [0.1, 0.15) is 11.4 Å². The zero-order valence-corrected chi connectivity index (χ0v) is 21.0. The first-order valence-electron chi connectivity index (χ1n) is 12.6. The Morgan fingerprint density at radius 2 is 1.80 bits per heavy atom. The molecule has 0 bridgehead atoms. The Balaban J connectivity index is 1.38. The summed E-state index contributed by atoms with van der Waals surface area (Å²) in [7, 11) is 0. The average molecular weight is 472 g/mol. The summed E-state index contributed by atoms with van der Waals surface area (Å²) in [4.78, 5) is 34.7. The lowest BCUT2D eigenvalue weighted by Gasteiger charge is -2.27. The van der Waals surface area contributed by atoms with Crippen molar-refractivity contribution >= 4 is 11.9 Å². The number of aryl methyl sites for hydroxylation is 2. The summed E-state index contributed by atoms with van der Waals surface area (Å²) in [6.07, 6.45) is 5.78. The number of carbonyl (C=O) groups is 2. The van der Waals surface area contributed by atoms with E-state index in [4.69, 9.17) is 4.74 Å². The van der Waals surface area contributed by atoms with Crippen molar-refractivity contribution in [3.63, 3.8) is 0 Å². The number of benzene rings is 2. The molecule has 0 unspecified atom stereocenters. The molecule has 1 aliphatic carbocycles. The van der Waals surface area contributed by atoms with Crippen LogP contribution in [0.3, 0.4) is 0 Å². The van der Waals surface area contributed by atoms with Crippen LogP contribution in [0.2, 0.25) is 0 Å². The van der Waals surface area contributed by atoms with Crippen LogP contribution in [-0.4, -0.2) is 38.9 Å². The highest BCUT2D eigenvalue weighted by atomic mass is 16.6. The molecule has 0 saturated carbocycles. The molecule has 1 aliphatic heterocycles. The SMILES string of the molecule is CCC(=O)c1ccc2c(c1)CCc1cc(-c3cnc([C@@H]4CCCN4C(=O)OC(C)(C)C)[nH]3)ccc1-2. The molecule has 5 rings (SSSR count). The van der Waals surface area contributed by atoms with Crippen molar-refractivity contribution in [3.8, 4) is 22.4 Å². The zero-order valence-electron chi connectivity index (χ0n) is 21.0. The van der Waals surface area contributed by atoms with Crippen LogP contribution in [0.15, 0.2) is 42.6 Å². The molecule has 2 aromatic carbocycles. The minimum atomic E-state index is -0.520. The van der Waals surface area contributed by atoms with Crippen LogP contribution >= 0.6 is 0 Å². The van der Waals surface area contributed by atoms with Crippen LogP contribution < -0.4 is 0 Å². The first-order chi connectivity index (χ1) is 16.7. The number of aromatic nitrogens is 2. The van der Waals surface area contributed by atoms with Gasteiger partial charge in [-0.2, -0.15) is 0 Å². The van der Waals surface area contributed by atoms with Gasteiger partial charge in [-0.05, 0) is 86.4 Å². The van der Waals surface area contributed by atoms with E-state index < -0.39 is 5.60 Å². The molecule has 35 heavy (non-hydrogen) atoms. The minimum absolute atomic E-state index is 0.0943. The van der Waals surface area contributed by atoms with Crippen LogP contribution in [0.5, 0.6) is 0 Å². The number of hydrogen-bond acceptors (Lipinski definition) is 4. The number of nitrogens with one attached hydrogen (secondary N) is 1. The quantitative estimate of drug-likeness (QED) is 0.440. The number of H-pyrrole nitrogens is 1. The third-order valence-electron chi connectivity index (χ3n) is 6.91. The molecule has 1 atom stereocenters. The van der Waals surface area contributed by atoms with Gasteiger partial charge in [0.15, 0.2) is 5.78 Å². The summed E-state index contributed by atoms with van der Waals surface area (Å²) >= 11 is 0. The summed E-state index contributed by atoms with van der Waals surface area (Å²) < 4.78 is 5.61. The number of nitrogens with zero attached hydrogens (tertiary/aromatic N) is 2. The summed E-state index contributed by atoms with van der Waals surface area (Å²) in [5.41, 5.74) is 7.33. The van der Waals surface area contributed by atoms with E-state index >= 15 is 0 Å². The summed E-state index contributed by atoms with van der Waals surface area (Å²) in [5, 5.41) is 0. The van der Waals surface area contributed by atoms with Crippen LogP contribution in [0.1, 0.15) is 80.3 Å². The second-order valence-electron chi connectivity index (χ2n) is 10.5. The summed E-state index contributed by atoms with van der Waals surface area (Å²) in [6, 6.07) is 12.5. The minimum Gasteiger partial charge on any atom is -0.444 e. The molecule has 182 valence electrons. The molecule has 6 heteroatoms. The predicted molar refractivity (Wildman–Crippen MR) is 136 cm³/mol. The smallest absolute Gasteiger partial charge is 0.410 e. The fraction of sp³-hybridized carbons (Fsp3) is 0.414. The maximum atomic E-state index is 12.7. The maximum absolute atomic E-state index is 12.7. The normalized spacial score (nSPS) is 17.1. The Labute approximate surface area is 206 Å². The largest absolute Gasteiger partial charge is 0.444 e. The van der Waals surface area contributed by atoms with Gasteiger partial charge in [0.05, 0.1) is 17.9 Å². The van der Waals surface area contributed by atoms with Gasteiger partial charge in [-0.15, -0.1) is 0 Å². The van der Waals surface area contributed by atoms with Gasteiger partial charge in [0.2, 0.25) is 0 Å². The van der Waals surface area contributed by atoms with E-state index in [1.807, 2.05) is 40.0 Å². The Bertz CT molecular complexity index is 1280. The van der Waals surface area contributed by atoms with E-state index in [0.29, 0.717) is 13.0 Å². The first kappa shape index (κ1) is 23.3. The van der Waals surface area contributed by atoms with Gasteiger partial charge in [0.25, 0.3) is 0 Å². The van der Waals surface area contributed by atoms with Crippen LogP contribution in [-0.2, 0) is 17.6 Å². The van der Waals surface area contributed by atoms with Crippen molar-refractivity contribution in [2.45, 2.75) is 71.4 Å². The number of imidazole rings is 1. The monoisotopic (exact) mass is 471 g/mol. The number of ether oxygens (including phenoxy) is 1. The molecule has 6 nitrogen and oxygen atoms in total. The number of ketones is 1. The highest BCUT2D eigenvalue weighted by molar-refractivity contribution is 5.97. The van der Waals surface area contributed by atoms with Gasteiger partial charge < -0.3 is 9.72 Å². The van der Waals surface area contributed by atoms with Crippen molar-refractivity contribution in [1.29, 1.82) is 0 Å². The van der Waals surface area contributed by atoms with E-state index in [-0.39, 0.29) is 17.9 Å². The molecule has 0 radical (unpaired) electrons. The molecular weight excluding hydrogens is 438 g/mol. The topological polar surface area (TPSA) is 75.3 Å². The van der Waals surface area contributed by atoms with E-state index in [2.05, 4.69) is 40.3 Å². The number of likely N-dealkylation sites (tertiary alicyclic amines) is 1. The number of carbonyl (C=O) groups excluding carboxylic acids is 2. The highest BCUT2D eigenvalue weighted by Crippen LogP contribution is 2.37. The number of rotatable bonds is 4. The zero-order chi connectivity index (χ0) is 24.7. The Kier molecular flexibility index (Phi) is 5.99. The van der Waals surface area contributed by atoms with Crippen molar-refractivity contribution < 1.29 is 14.3 Å². The third-order valence-corrected chi connectivity index (χ3v) is 6.91. The Hall–Kier alpha value is -3.41. The third kappa shape index (κ3) is 4.62. The van der Waals surface area contributed by atoms with Gasteiger partial charge in [0, 0.05) is 18.5 Å². The van der Waals surface area contributed by atoms with Gasteiger partial charge in [-0.25, -0.2) is 9.78 Å². The molecule has 1 saturated heterocycles. The lowest BCUT2D eigenvalue weighted by atomic mass is 9.83. The van der Waals surface area contributed by atoms with Crippen LogP contribution in [0, 0.1) is 0 Å². The number of Topliss-reactive ketones (excluding diaryl/α,β-unsaturated/α-hetero) is 1. The molecule has 3 aromatic rings. The number of hydrogen-bond donors (Lipinski definition) is 1. The molecule has 0 spiro atoms. The van der Waals surface area contributed by atoms with Crippen molar-refractivity contribution in [1.82, 2.24) is 14.9 Å². The average Bonchev–Trinajstić information content (AvgIpc) is 3.51. The fourth-order valence-electron chi connectivity index (χ4n) is 5.18. The highest BCUT2D eigenvalue weighted by Gasteiger charge is 2.35. The second-order valence-corrected chi connectivity index (χ2v) is 10.5. The van der Waals surface area contributed by atoms with Crippen molar-refractivity contribution in [3.05, 3.63) is 65.1 Å². The lowest BCUT2D eigenvalue weighted by Crippen LogP contribution is -2.36.